The first kappa shape index (κ1) is 14.1. The molecule has 0 saturated carbocycles. The molecule has 0 bridgehead atoms. The Kier molecular flexibility index (Phi) is 4.62. The van der Waals surface area contributed by atoms with Crippen LogP contribution in [0, 0.1) is 18.6 Å². The fraction of sp³-hybridized carbons (Fsp3) is 0.167. The summed E-state index contributed by atoms with van der Waals surface area (Å²) in [6, 6.07) is 3.69. The summed E-state index contributed by atoms with van der Waals surface area (Å²) in [4.78, 5) is 0. The molecule has 0 fully saturated rings. The third kappa shape index (κ3) is 2.65. The van der Waals surface area contributed by atoms with Crippen LogP contribution >= 0.6 is 23.7 Å². The molecule has 0 unspecified atom stereocenters. The number of hydrogen-bond acceptors (Lipinski definition) is 2. The third-order valence-electron chi connectivity index (χ3n) is 2.53. The second-order valence-corrected chi connectivity index (χ2v) is 4.41. The van der Waals surface area contributed by atoms with Crippen molar-refractivity contribution in [3.8, 4) is 0 Å². The lowest BCUT2D eigenvalue weighted by Gasteiger charge is -2.13. The molecular formula is C12H12ClF2NS. The van der Waals surface area contributed by atoms with E-state index in [4.69, 9.17) is 5.73 Å². The van der Waals surface area contributed by atoms with Gasteiger partial charge < -0.3 is 5.73 Å². The zero-order valence-corrected chi connectivity index (χ0v) is 10.7. The number of hydrogen-bond donors (Lipinski definition) is 1. The van der Waals surface area contributed by atoms with Crippen molar-refractivity contribution in [2.24, 2.45) is 5.73 Å². The molecule has 0 aliphatic heterocycles. The molecule has 5 heteroatoms. The van der Waals surface area contributed by atoms with E-state index >= 15 is 0 Å². The summed E-state index contributed by atoms with van der Waals surface area (Å²) in [5.41, 5.74) is 6.94. The van der Waals surface area contributed by atoms with Gasteiger partial charge in [0.2, 0.25) is 0 Å². The first-order valence-electron chi connectivity index (χ1n) is 4.83. The molecule has 1 nitrogen and oxygen atoms in total. The maximum absolute atomic E-state index is 13.8. The number of halogens is 3. The van der Waals surface area contributed by atoms with Crippen molar-refractivity contribution < 1.29 is 8.78 Å². The Labute approximate surface area is 109 Å². The average Bonchev–Trinajstić information content (AvgIpc) is 2.77. The second kappa shape index (κ2) is 5.58. The number of thiophene rings is 1. The molecule has 0 radical (unpaired) electrons. The van der Waals surface area contributed by atoms with Gasteiger partial charge in [-0.1, -0.05) is 6.07 Å². The van der Waals surface area contributed by atoms with Gasteiger partial charge in [0.1, 0.15) is 11.6 Å². The smallest absolute Gasteiger partial charge is 0.134 e. The highest BCUT2D eigenvalue weighted by molar-refractivity contribution is 7.08. The molecular weight excluding hydrogens is 264 g/mol. The summed E-state index contributed by atoms with van der Waals surface area (Å²) >= 11 is 1.45. The molecule has 92 valence electrons. The van der Waals surface area contributed by atoms with Crippen molar-refractivity contribution in [1.82, 2.24) is 0 Å². The minimum atomic E-state index is -0.744. The Morgan fingerprint density at radius 1 is 1.24 bits per heavy atom. The minimum absolute atomic E-state index is 0. The Balaban J connectivity index is 0.00000144. The summed E-state index contributed by atoms with van der Waals surface area (Å²) in [6.45, 7) is 1.60. The van der Waals surface area contributed by atoms with Crippen molar-refractivity contribution in [2.75, 3.05) is 0 Å². The van der Waals surface area contributed by atoms with E-state index in [1.165, 1.54) is 23.5 Å². The third-order valence-corrected chi connectivity index (χ3v) is 3.23. The first-order chi connectivity index (χ1) is 7.61. The van der Waals surface area contributed by atoms with Crippen LogP contribution in [0.25, 0.3) is 0 Å². The molecule has 0 aliphatic rings. The van der Waals surface area contributed by atoms with Gasteiger partial charge in [0.15, 0.2) is 0 Å². The monoisotopic (exact) mass is 275 g/mol. The van der Waals surface area contributed by atoms with Crippen molar-refractivity contribution in [2.45, 2.75) is 13.0 Å². The van der Waals surface area contributed by atoms with Gasteiger partial charge in [-0.15, -0.1) is 12.4 Å². The lowest BCUT2D eigenvalue weighted by Crippen LogP contribution is -2.15. The predicted octanol–water partition coefficient (Wildman–Crippen LogP) is 3.80. The molecule has 0 aliphatic carbocycles. The molecule has 2 aromatic rings. The maximum Gasteiger partial charge on any atom is 0.134 e. The summed E-state index contributed by atoms with van der Waals surface area (Å²) in [5.74, 6) is -1.15. The number of nitrogens with two attached hydrogens (primary N) is 1. The van der Waals surface area contributed by atoms with Crippen LogP contribution in [0.5, 0.6) is 0 Å². The summed E-state index contributed by atoms with van der Waals surface area (Å²) in [7, 11) is 0. The molecule has 1 aromatic heterocycles. The van der Waals surface area contributed by atoms with Gasteiger partial charge in [-0.2, -0.15) is 11.3 Å². The normalized spacial score (nSPS) is 12.0. The molecule has 1 atom stereocenters. The molecule has 2 N–H and O–H groups in total. The van der Waals surface area contributed by atoms with Crippen LogP contribution in [0.15, 0.2) is 29.0 Å². The van der Waals surface area contributed by atoms with E-state index in [9.17, 15) is 8.78 Å². The van der Waals surface area contributed by atoms with Crippen molar-refractivity contribution in [3.63, 3.8) is 0 Å². The van der Waals surface area contributed by atoms with Gasteiger partial charge >= 0.3 is 0 Å². The van der Waals surface area contributed by atoms with Crippen molar-refractivity contribution >= 4 is 23.7 Å². The molecule has 0 saturated heterocycles. The molecule has 0 amide bonds. The van der Waals surface area contributed by atoms with E-state index < -0.39 is 17.7 Å². The van der Waals surface area contributed by atoms with Gasteiger partial charge in [-0.05, 0) is 40.9 Å². The van der Waals surface area contributed by atoms with E-state index in [2.05, 4.69) is 0 Å². The van der Waals surface area contributed by atoms with E-state index in [-0.39, 0.29) is 18.0 Å². The average molecular weight is 276 g/mol. The van der Waals surface area contributed by atoms with E-state index in [1.807, 2.05) is 5.38 Å². The Hall–Kier alpha value is -0.970. The highest BCUT2D eigenvalue weighted by Gasteiger charge is 2.19. The van der Waals surface area contributed by atoms with E-state index in [0.717, 1.165) is 5.56 Å². The zero-order chi connectivity index (χ0) is 11.7. The van der Waals surface area contributed by atoms with Crippen LogP contribution in [-0.4, -0.2) is 0 Å². The highest BCUT2D eigenvalue weighted by atomic mass is 35.5. The first-order valence-corrected chi connectivity index (χ1v) is 5.77. The van der Waals surface area contributed by atoms with Crippen LogP contribution in [0.4, 0.5) is 8.78 Å². The number of rotatable bonds is 2. The quantitative estimate of drug-likeness (QED) is 0.886. The Morgan fingerprint density at radius 3 is 2.53 bits per heavy atom. The largest absolute Gasteiger partial charge is 0.320 e. The lowest BCUT2D eigenvalue weighted by molar-refractivity contribution is 0.538. The molecule has 1 heterocycles. The maximum atomic E-state index is 13.8. The van der Waals surface area contributed by atoms with E-state index in [1.54, 1.807) is 18.4 Å². The van der Waals surface area contributed by atoms with Gasteiger partial charge in [0.05, 0.1) is 6.04 Å². The molecule has 2 rings (SSSR count). The Bertz CT molecular complexity index is 499. The topological polar surface area (TPSA) is 26.0 Å². The lowest BCUT2D eigenvalue weighted by atomic mass is 9.99. The SMILES string of the molecule is Cc1ccc(F)c([C@@H](N)c2ccsc2)c1F.Cl. The van der Waals surface area contributed by atoms with Crippen molar-refractivity contribution in [3.05, 3.63) is 57.3 Å². The zero-order valence-electron chi connectivity index (χ0n) is 9.11. The van der Waals surface area contributed by atoms with Crippen LogP contribution in [0.3, 0.4) is 0 Å². The fourth-order valence-corrected chi connectivity index (χ4v) is 2.28. The van der Waals surface area contributed by atoms with Crippen LogP contribution in [-0.2, 0) is 0 Å². The van der Waals surface area contributed by atoms with Crippen LogP contribution < -0.4 is 5.73 Å². The van der Waals surface area contributed by atoms with Gasteiger partial charge in [0, 0.05) is 5.56 Å². The molecule has 17 heavy (non-hydrogen) atoms. The highest BCUT2D eigenvalue weighted by Crippen LogP contribution is 2.27. The summed E-state index contributed by atoms with van der Waals surface area (Å²) < 4.78 is 27.3. The fourth-order valence-electron chi connectivity index (χ4n) is 1.58. The van der Waals surface area contributed by atoms with Crippen molar-refractivity contribution in [1.29, 1.82) is 0 Å². The summed E-state index contributed by atoms with van der Waals surface area (Å²) in [5, 5.41) is 3.63. The minimum Gasteiger partial charge on any atom is -0.320 e. The predicted molar refractivity (Wildman–Crippen MR) is 68.7 cm³/mol. The number of benzene rings is 1. The van der Waals surface area contributed by atoms with Crippen LogP contribution in [0.2, 0.25) is 0 Å². The number of aryl methyl sites for hydroxylation is 1. The van der Waals surface area contributed by atoms with Crippen LogP contribution in [0.1, 0.15) is 22.7 Å². The standard InChI is InChI=1S/C12H11F2NS.ClH/c1-7-2-3-9(13)10(11(7)14)12(15)8-4-5-16-6-8;/h2-6,12H,15H2,1H3;1H/t12-;/m0./s1. The van der Waals surface area contributed by atoms with E-state index in [0.29, 0.717) is 5.56 Å². The van der Waals surface area contributed by atoms with Gasteiger partial charge in [0.25, 0.3) is 0 Å². The second-order valence-electron chi connectivity index (χ2n) is 3.63. The van der Waals surface area contributed by atoms with Gasteiger partial charge in [-0.3, -0.25) is 0 Å². The summed E-state index contributed by atoms with van der Waals surface area (Å²) in [6.07, 6.45) is 0. The molecule has 1 aromatic carbocycles. The molecule has 0 spiro atoms. The Morgan fingerprint density at radius 2 is 1.94 bits per heavy atom. The van der Waals surface area contributed by atoms with Gasteiger partial charge in [-0.25, -0.2) is 8.78 Å².